The highest BCUT2D eigenvalue weighted by Crippen LogP contribution is 2.33. The van der Waals surface area contributed by atoms with E-state index in [1.807, 2.05) is 31.2 Å². The highest BCUT2D eigenvalue weighted by Gasteiger charge is 2.37. The van der Waals surface area contributed by atoms with Crippen LogP contribution in [0.15, 0.2) is 24.3 Å². The zero-order valence-corrected chi connectivity index (χ0v) is 9.39. The van der Waals surface area contributed by atoms with Crippen LogP contribution < -0.4 is 5.32 Å². The maximum absolute atomic E-state index is 14.6. The quantitative estimate of drug-likeness (QED) is 0.786. The maximum atomic E-state index is 14.6. The zero-order valence-electron chi connectivity index (χ0n) is 9.39. The van der Waals surface area contributed by atoms with Crippen molar-refractivity contribution in [2.45, 2.75) is 38.4 Å². The van der Waals surface area contributed by atoms with Crippen LogP contribution in [-0.2, 0) is 5.67 Å². The molecule has 1 fully saturated rings. The molecule has 0 saturated carbocycles. The molecule has 0 aliphatic carbocycles. The van der Waals surface area contributed by atoms with Crippen molar-refractivity contribution in [1.29, 1.82) is 0 Å². The van der Waals surface area contributed by atoms with Gasteiger partial charge in [0, 0.05) is 6.04 Å². The highest BCUT2D eigenvalue weighted by atomic mass is 19.1. The van der Waals surface area contributed by atoms with E-state index in [1.54, 1.807) is 6.92 Å². The molecule has 0 spiro atoms. The Morgan fingerprint density at radius 1 is 1.33 bits per heavy atom. The lowest BCUT2D eigenvalue weighted by Crippen LogP contribution is -2.39. The molecule has 1 saturated heterocycles. The van der Waals surface area contributed by atoms with Gasteiger partial charge in [0.2, 0.25) is 0 Å². The predicted molar refractivity (Wildman–Crippen MR) is 60.7 cm³/mol. The number of nitrogens with one attached hydrogen (secondary N) is 1. The number of aryl methyl sites for hydroxylation is 1. The van der Waals surface area contributed by atoms with Gasteiger partial charge in [0.15, 0.2) is 0 Å². The Labute approximate surface area is 90.7 Å². The van der Waals surface area contributed by atoms with Crippen molar-refractivity contribution in [2.75, 3.05) is 6.54 Å². The van der Waals surface area contributed by atoms with Gasteiger partial charge in [-0.25, -0.2) is 4.39 Å². The topological polar surface area (TPSA) is 12.0 Å². The van der Waals surface area contributed by atoms with Crippen LogP contribution in [0.3, 0.4) is 0 Å². The van der Waals surface area contributed by atoms with Crippen LogP contribution in [0.1, 0.15) is 30.9 Å². The lowest BCUT2D eigenvalue weighted by molar-refractivity contribution is 0.137. The number of benzene rings is 1. The van der Waals surface area contributed by atoms with Crippen LogP contribution in [-0.4, -0.2) is 12.6 Å². The van der Waals surface area contributed by atoms with Crippen LogP contribution in [0.2, 0.25) is 0 Å². The maximum Gasteiger partial charge on any atom is 0.148 e. The summed E-state index contributed by atoms with van der Waals surface area (Å²) in [6.45, 7) is 4.64. The third-order valence-electron chi connectivity index (χ3n) is 3.33. The summed E-state index contributed by atoms with van der Waals surface area (Å²) in [5.74, 6) is 0. The molecule has 0 amide bonds. The first-order valence-corrected chi connectivity index (χ1v) is 5.60. The molecule has 82 valence electrons. The van der Waals surface area contributed by atoms with Crippen molar-refractivity contribution >= 4 is 0 Å². The molecule has 1 heterocycles. The number of alkyl halides is 1. The third kappa shape index (κ3) is 2.05. The molecule has 2 atom stereocenters. The van der Waals surface area contributed by atoms with E-state index < -0.39 is 5.67 Å². The molecule has 1 nitrogen and oxygen atoms in total. The summed E-state index contributed by atoms with van der Waals surface area (Å²) < 4.78 is 14.6. The first-order chi connectivity index (χ1) is 7.10. The van der Waals surface area contributed by atoms with Crippen LogP contribution in [0.25, 0.3) is 0 Å². The molecular formula is C13H18FN. The molecule has 0 radical (unpaired) electrons. The van der Waals surface area contributed by atoms with Gasteiger partial charge in [-0.15, -0.1) is 0 Å². The van der Waals surface area contributed by atoms with E-state index in [4.69, 9.17) is 0 Å². The van der Waals surface area contributed by atoms with E-state index in [-0.39, 0.29) is 6.04 Å². The van der Waals surface area contributed by atoms with Crippen molar-refractivity contribution in [2.24, 2.45) is 0 Å². The fourth-order valence-corrected chi connectivity index (χ4v) is 2.23. The number of halogens is 1. The summed E-state index contributed by atoms with van der Waals surface area (Å²) in [6.07, 6.45) is 2.01. The predicted octanol–water partition coefficient (Wildman–Crippen LogP) is 2.93. The van der Waals surface area contributed by atoms with Gasteiger partial charge in [0.05, 0.1) is 0 Å². The van der Waals surface area contributed by atoms with Crippen LogP contribution in [0.4, 0.5) is 4.39 Å². The molecule has 2 heteroatoms. The van der Waals surface area contributed by atoms with Crippen LogP contribution in [0, 0.1) is 6.92 Å². The molecule has 2 rings (SSSR count). The molecule has 1 aliphatic heterocycles. The SMILES string of the molecule is Cc1ccc(C(C)(F)C2CCCN2)cc1. The van der Waals surface area contributed by atoms with Crippen LogP contribution in [0.5, 0.6) is 0 Å². The van der Waals surface area contributed by atoms with Gasteiger partial charge in [-0.3, -0.25) is 0 Å². The van der Waals surface area contributed by atoms with Gasteiger partial charge in [-0.2, -0.15) is 0 Å². The Kier molecular flexibility index (Phi) is 2.79. The van der Waals surface area contributed by atoms with E-state index in [2.05, 4.69) is 5.32 Å². The van der Waals surface area contributed by atoms with Gasteiger partial charge in [0.25, 0.3) is 0 Å². The van der Waals surface area contributed by atoms with E-state index in [0.29, 0.717) is 0 Å². The van der Waals surface area contributed by atoms with Crippen molar-refractivity contribution < 1.29 is 4.39 Å². The summed E-state index contributed by atoms with van der Waals surface area (Å²) in [5, 5.41) is 3.23. The Balaban J connectivity index is 2.23. The van der Waals surface area contributed by atoms with Gasteiger partial charge in [-0.05, 0) is 38.8 Å². The smallest absolute Gasteiger partial charge is 0.148 e. The molecule has 2 unspecified atom stereocenters. The number of rotatable bonds is 2. The fraction of sp³-hybridized carbons (Fsp3) is 0.538. The normalized spacial score (nSPS) is 25.1. The molecule has 1 aromatic carbocycles. The average molecular weight is 207 g/mol. The second-order valence-electron chi connectivity index (χ2n) is 4.59. The zero-order chi connectivity index (χ0) is 10.9. The summed E-state index contributed by atoms with van der Waals surface area (Å²) >= 11 is 0. The Bertz CT molecular complexity index is 323. The summed E-state index contributed by atoms with van der Waals surface area (Å²) in [5.41, 5.74) is 0.714. The lowest BCUT2D eigenvalue weighted by atomic mass is 9.89. The second kappa shape index (κ2) is 3.93. The lowest BCUT2D eigenvalue weighted by Gasteiger charge is -2.28. The van der Waals surface area contributed by atoms with Gasteiger partial charge < -0.3 is 5.32 Å². The van der Waals surface area contributed by atoms with Crippen LogP contribution >= 0.6 is 0 Å². The Morgan fingerprint density at radius 3 is 2.53 bits per heavy atom. The van der Waals surface area contributed by atoms with E-state index in [0.717, 1.165) is 24.9 Å². The standard InChI is InChI=1S/C13H18FN/c1-10-5-7-11(8-6-10)13(2,14)12-4-3-9-15-12/h5-8,12,15H,3-4,9H2,1-2H3. The molecular weight excluding hydrogens is 189 g/mol. The molecule has 1 aromatic rings. The monoisotopic (exact) mass is 207 g/mol. The van der Waals surface area contributed by atoms with Gasteiger partial charge in [-0.1, -0.05) is 29.8 Å². The number of hydrogen-bond acceptors (Lipinski definition) is 1. The molecule has 1 N–H and O–H groups in total. The summed E-state index contributed by atoms with van der Waals surface area (Å²) in [6, 6.07) is 7.72. The Morgan fingerprint density at radius 2 is 2.00 bits per heavy atom. The first-order valence-electron chi connectivity index (χ1n) is 5.60. The van der Waals surface area contributed by atoms with E-state index in [9.17, 15) is 4.39 Å². The van der Waals surface area contributed by atoms with E-state index in [1.165, 1.54) is 5.56 Å². The molecule has 0 bridgehead atoms. The van der Waals surface area contributed by atoms with Gasteiger partial charge in [0.1, 0.15) is 5.67 Å². The summed E-state index contributed by atoms with van der Waals surface area (Å²) in [4.78, 5) is 0. The fourth-order valence-electron chi connectivity index (χ4n) is 2.23. The van der Waals surface area contributed by atoms with Crippen molar-refractivity contribution in [3.63, 3.8) is 0 Å². The molecule has 1 aliphatic rings. The molecule has 15 heavy (non-hydrogen) atoms. The summed E-state index contributed by atoms with van der Waals surface area (Å²) in [7, 11) is 0. The van der Waals surface area contributed by atoms with E-state index >= 15 is 0 Å². The molecule has 0 aromatic heterocycles. The second-order valence-corrected chi connectivity index (χ2v) is 4.59. The third-order valence-corrected chi connectivity index (χ3v) is 3.33. The van der Waals surface area contributed by atoms with Crippen molar-refractivity contribution in [3.8, 4) is 0 Å². The number of hydrogen-bond donors (Lipinski definition) is 1. The average Bonchev–Trinajstić information content (AvgIpc) is 2.71. The first kappa shape index (κ1) is 10.6. The Hall–Kier alpha value is -0.890. The minimum atomic E-state index is -1.25. The minimum Gasteiger partial charge on any atom is -0.311 e. The highest BCUT2D eigenvalue weighted by molar-refractivity contribution is 5.27. The van der Waals surface area contributed by atoms with Gasteiger partial charge >= 0.3 is 0 Å². The minimum absolute atomic E-state index is 0.0276. The van der Waals surface area contributed by atoms with Crippen molar-refractivity contribution in [1.82, 2.24) is 5.32 Å². The largest absolute Gasteiger partial charge is 0.311 e. The van der Waals surface area contributed by atoms with Crippen molar-refractivity contribution in [3.05, 3.63) is 35.4 Å².